The van der Waals surface area contributed by atoms with Crippen LogP contribution in [-0.2, 0) is 9.53 Å². The van der Waals surface area contributed by atoms with Crippen molar-refractivity contribution in [1.29, 1.82) is 0 Å². The van der Waals surface area contributed by atoms with Crippen LogP contribution in [0.4, 0.5) is 5.69 Å². The minimum atomic E-state index is -0.582. The SMILES string of the molecule is CC(C)Oc1ccc(C(=O)OCC(=O)Nc2ccc3c(c2)OCO3)cc1. The maximum absolute atomic E-state index is 12.0. The first kappa shape index (κ1) is 17.6. The Morgan fingerprint density at radius 3 is 2.54 bits per heavy atom. The van der Waals surface area contributed by atoms with E-state index in [2.05, 4.69) is 5.32 Å². The van der Waals surface area contributed by atoms with E-state index in [0.717, 1.165) is 0 Å². The van der Waals surface area contributed by atoms with Gasteiger partial charge in [0.25, 0.3) is 5.91 Å². The van der Waals surface area contributed by atoms with E-state index in [1.807, 2.05) is 13.8 Å². The number of hydrogen-bond donors (Lipinski definition) is 1. The van der Waals surface area contributed by atoms with Gasteiger partial charge in [0.2, 0.25) is 6.79 Å². The number of carbonyl (C=O) groups excluding carboxylic acids is 2. The highest BCUT2D eigenvalue weighted by Gasteiger charge is 2.15. The molecule has 2 aromatic rings. The van der Waals surface area contributed by atoms with Gasteiger partial charge in [-0.25, -0.2) is 4.79 Å². The first-order valence-corrected chi connectivity index (χ1v) is 8.14. The van der Waals surface area contributed by atoms with Gasteiger partial charge in [-0.2, -0.15) is 0 Å². The van der Waals surface area contributed by atoms with Crippen molar-refractivity contribution in [3.8, 4) is 17.2 Å². The third kappa shape index (κ3) is 4.44. The van der Waals surface area contributed by atoms with Gasteiger partial charge in [-0.3, -0.25) is 4.79 Å². The monoisotopic (exact) mass is 357 g/mol. The average molecular weight is 357 g/mol. The van der Waals surface area contributed by atoms with Gasteiger partial charge in [0.15, 0.2) is 18.1 Å². The van der Waals surface area contributed by atoms with E-state index in [-0.39, 0.29) is 12.9 Å². The molecular weight excluding hydrogens is 338 g/mol. The van der Waals surface area contributed by atoms with Crippen LogP contribution in [0.15, 0.2) is 42.5 Å². The Balaban J connectivity index is 1.50. The van der Waals surface area contributed by atoms with E-state index in [9.17, 15) is 9.59 Å². The number of carbonyl (C=O) groups is 2. The van der Waals surface area contributed by atoms with Gasteiger partial charge < -0.3 is 24.3 Å². The fraction of sp³-hybridized carbons (Fsp3) is 0.263. The molecule has 2 aromatic carbocycles. The molecule has 0 spiro atoms. The summed E-state index contributed by atoms with van der Waals surface area (Å²) in [5, 5.41) is 2.64. The van der Waals surface area contributed by atoms with Gasteiger partial charge >= 0.3 is 5.97 Å². The van der Waals surface area contributed by atoms with Crippen LogP contribution in [0.5, 0.6) is 17.2 Å². The molecule has 0 aromatic heterocycles. The Morgan fingerprint density at radius 1 is 1.08 bits per heavy atom. The second-order valence-electron chi connectivity index (χ2n) is 5.88. The first-order chi connectivity index (χ1) is 12.5. The molecule has 7 heteroatoms. The lowest BCUT2D eigenvalue weighted by Crippen LogP contribution is -2.20. The second-order valence-corrected chi connectivity index (χ2v) is 5.88. The molecule has 0 bridgehead atoms. The molecule has 0 radical (unpaired) electrons. The van der Waals surface area contributed by atoms with Crippen molar-refractivity contribution in [2.24, 2.45) is 0 Å². The fourth-order valence-electron chi connectivity index (χ4n) is 2.33. The third-order valence-corrected chi connectivity index (χ3v) is 3.45. The van der Waals surface area contributed by atoms with Crippen LogP contribution in [0.3, 0.4) is 0 Å². The molecule has 0 saturated heterocycles. The van der Waals surface area contributed by atoms with Gasteiger partial charge in [0, 0.05) is 11.8 Å². The molecule has 0 fully saturated rings. The standard InChI is InChI=1S/C19H19NO6/c1-12(2)26-15-6-3-13(4-7-15)19(22)23-10-18(21)20-14-5-8-16-17(9-14)25-11-24-16/h3-9,12H,10-11H2,1-2H3,(H,20,21). The predicted molar refractivity (Wildman–Crippen MR) is 93.7 cm³/mol. The Morgan fingerprint density at radius 2 is 1.81 bits per heavy atom. The van der Waals surface area contributed by atoms with Crippen LogP contribution < -0.4 is 19.5 Å². The third-order valence-electron chi connectivity index (χ3n) is 3.45. The van der Waals surface area contributed by atoms with Crippen molar-refractivity contribution in [2.45, 2.75) is 20.0 Å². The summed E-state index contributed by atoms with van der Waals surface area (Å²) in [6.45, 7) is 3.60. The number of rotatable bonds is 6. The topological polar surface area (TPSA) is 83.1 Å². The van der Waals surface area contributed by atoms with Gasteiger partial charge in [0.1, 0.15) is 5.75 Å². The summed E-state index contributed by atoms with van der Waals surface area (Å²) >= 11 is 0. The van der Waals surface area contributed by atoms with Crippen molar-refractivity contribution in [3.63, 3.8) is 0 Å². The van der Waals surface area contributed by atoms with Crippen LogP contribution in [0, 0.1) is 0 Å². The minimum absolute atomic E-state index is 0.0488. The quantitative estimate of drug-likeness (QED) is 0.800. The molecule has 1 aliphatic heterocycles. The van der Waals surface area contributed by atoms with E-state index in [0.29, 0.717) is 28.5 Å². The number of benzene rings is 2. The predicted octanol–water partition coefficient (Wildman–Crippen LogP) is 3.00. The van der Waals surface area contributed by atoms with Crippen LogP contribution in [0.2, 0.25) is 0 Å². The molecule has 1 heterocycles. The van der Waals surface area contributed by atoms with E-state index >= 15 is 0 Å². The zero-order valence-electron chi connectivity index (χ0n) is 14.5. The Hall–Kier alpha value is -3.22. The van der Waals surface area contributed by atoms with E-state index in [1.165, 1.54) is 0 Å². The van der Waals surface area contributed by atoms with Gasteiger partial charge in [0.05, 0.1) is 11.7 Å². The molecule has 3 rings (SSSR count). The molecule has 0 unspecified atom stereocenters. The maximum Gasteiger partial charge on any atom is 0.338 e. The number of nitrogens with one attached hydrogen (secondary N) is 1. The Labute approximate surface area is 150 Å². The highest BCUT2D eigenvalue weighted by Crippen LogP contribution is 2.34. The number of fused-ring (bicyclic) bond motifs is 1. The minimum Gasteiger partial charge on any atom is -0.491 e. The Bertz CT molecular complexity index is 800. The zero-order valence-corrected chi connectivity index (χ0v) is 14.5. The van der Waals surface area contributed by atoms with Crippen molar-refractivity contribution >= 4 is 17.6 Å². The van der Waals surface area contributed by atoms with Gasteiger partial charge in [-0.1, -0.05) is 0 Å². The summed E-state index contributed by atoms with van der Waals surface area (Å²) < 4.78 is 21.0. The number of hydrogen-bond acceptors (Lipinski definition) is 6. The van der Waals surface area contributed by atoms with Crippen LogP contribution >= 0.6 is 0 Å². The summed E-state index contributed by atoms with van der Waals surface area (Å²) in [5.41, 5.74) is 0.877. The van der Waals surface area contributed by atoms with Crippen LogP contribution in [0.1, 0.15) is 24.2 Å². The number of esters is 1. The Kier molecular flexibility index (Phi) is 5.26. The first-order valence-electron chi connectivity index (χ1n) is 8.14. The number of ether oxygens (including phenoxy) is 4. The van der Waals surface area contributed by atoms with Crippen molar-refractivity contribution in [2.75, 3.05) is 18.7 Å². The van der Waals surface area contributed by atoms with Gasteiger partial charge in [-0.05, 0) is 50.2 Å². The van der Waals surface area contributed by atoms with Crippen LogP contribution in [0.25, 0.3) is 0 Å². The normalized spacial score (nSPS) is 12.0. The molecule has 26 heavy (non-hydrogen) atoms. The lowest BCUT2D eigenvalue weighted by atomic mass is 10.2. The molecular formula is C19H19NO6. The van der Waals surface area contributed by atoms with Crippen molar-refractivity contribution in [3.05, 3.63) is 48.0 Å². The average Bonchev–Trinajstić information content (AvgIpc) is 3.07. The van der Waals surface area contributed by atoms with Gasteiger partial charge in [-0.15, -0.1) is 0 Å². The molecule has 7 nitrogen and oxygen atoms in total. The molecule has 0 aliphatic carbocycles. The fourth-order valence-corrected chi connectivity index (χ4v) is 2.33. The molecule has 1 N–H and O–H groups in total. The second kappa shape index (κ2) is 7.77. The molecule has 1 amide bonds. The maximum atomic E-state index is 12.0. The summed E-state index contributed by atoms with van der Waals surface area (Å²) in [7, 11) is 0. The summed E-state index contributed by atoms with van der Waals surface area (Å²) in [5.74, 6) is 0.818. The molecule has 1 aliphatic rings. The van der Waals surface area contributed by atoms with E-state index < -0.39 is 18.5 Å². The number of anilines is 1. The molecule has 136 valence electrons. The number of amides is 1. The van der Waals surface area contributed by atoms with Crippen molar-refractivity contribution < 1.29 is 28.5 Å². The lowest BCUT2D eigenvalue weighted by Gasteiger charge is -2.10. The van der Waals surface area contributed by atoms with E-state index in [1.54, 1.807) is 42.5 Å². The van der Waals surface area contributed by atoms with Crippen LogP contribution in [-0.4, -0.2) is 31.4 Å². The summed E-state index contributed by atoms with van der Waals surface area (Å²) in [4.78, 5) is 24.0. The largest absolute Gasteiger partial charge is 0.491 e. The zero-order chi connectivity index (χ0) is 18.5. The highest BCUT2D eigenvalue weighted by molar-refractivity contribution is 5.95. The van der Waals surface area contributed by atoms with E-state index in [4.69, 9.17) is 18.9 Å². The summed E-state index contributed by atoms with van der Waals surface area (Å²) in [6.07, 6.45) is 0.0488. The summed E-state index contributed by atoms with van der Waals surface area (Å²) in [6, 6.07) is 11.6. The molecule has 0 atom stereocenters. The lowest BCUT2D eigenvalue weighted by molar-refractivity contribution is -0.119. The van der Waals surface area contributed by atoms with Crippen molar-refractivity contribution in [1.82, 2.24) is 0 Å². The molecule has 0 saturated carbocycles. The highest BCUT2D eigenvalue weighted by atomic mass is 16.7. The smallest absolute Gasteiger partial charge is 0.338 e.